The first kappa shape index (κ1) is 9.75. The summed E-state index contributed by atoms with van der Waals surface area (Å²) in [6, 6.07) is 0. The smallest absolute Gasteiger partial charge is 0.334 e. The molecule has 1 saturated heterocycles. The second-order valence-electron chi connectivity index (χ2n) is 4.51. The van der Waals surface area contributed by atoms with E-state index in [2.05, 4.69) is 6.08 Å². The molecule has 1 unspecified atom stereocenters. The third-order valence-electron chi connectivity index (χ3n) is 3.16. The van der Waals surface area contributed by atoms with Gasteiger partial charge in [-0.3, -0.25) is 0 Å². The molecule has 2 rings (SSSR count). The lowest BCUT2D eigenvalue weighted by atomic mass is 9.87. The average molecular weight is 194 g/mol. The minimum absolute atomic E-state index is 0.0805. The van der Waals surface area contributed by atoms with Crippen molar-refractivity contribution < 1.29 is 9.53 Å². The van der Waals surface area contributed by atoms with E-state index in [4.69, 9.17) is 4.74 Å². The predicted molar refractivity (Wildman–Crippen MR) is 54.8 cm³/mol. The van der Waals surface area contributed by atoms with Crippen LogP contribution in [0.5, 0.6) is 0 Å². The summed E-state index contributed by atoms with van der Waals surface area (Å²) in [5, 5.41) is 0. The Kier molecular flexibility index (Phi) is 2.90. The Morgan fingerprint density at radius 3 is 2.57 bits per heavy atom. The monoisotopic (exact) mass is 194 g/mol. The zero-order valence-electron chi connectivity index (χ0n) is 8.79. The third-order valence-corrected chi connectivity index (χ3v) is 3.16. The molecule has 2 aliphatic rings. The zero-order valence-corrected chi connectivity index (χ0v) is 8.79. The molecule has 1 heterocycles. The lowest BCUT2D eigenvalue weighted by molar-refractivity contribution is -0.138. The Hall–Kier alpha value is -0.790. The summed E-state index contributed by atoms with van der Waals surface area (Å²) in [6.45, 7) is 1.96. The number of carbonyl (C=O) groups excluding carboxylic acids is 1. The molecule has 1 aliphatic heterocycles. The molecular weight excluding hydrogens is 176 g/mol. The molecule has 78 valence electrons. The van der Waals surface area contributed by atoms with Crippen LogP contribution in [0.4, 0.5) is 0 Å². The highest BCUT2D eigenvalue weighted by Gasteiger charge is 2.26. The Balaban J connectivity index is 1.98. The first-order valence-corrected chi connectivity index (χ1v) is 5.67. The van der Waals surface area contributed by atoms with E-state index in [1.54, 1.807) is 0 Å². The van der Waals surface area contributed by atoms with Crippen molar-refractivity contribution in [3.8, 4) is 0 Å². The summed E-state index contributed by atoms with van der Waals surface area (Å²) in [7, 11) is 0. The van der Waals surface area contributed by atoms with Crippen molar-refractivity contribution in [3.63, 3.8) is 0 Å². The van der Waals surface area contributed by atoms with Crippen LogP contribution in [-0.4, -0.2) is 12.1 Å². The lowest BCUT2D eigenvalue weighted by Gasteiger charge is -2.18. The minimum atomic E-state index is -0.0805. The van der Waals surface area contributed by atoms with Crippen molar-refractivity contribution in [2.45, 2.75) is 51.6 Å². The van der Waals surface area contributed by atoms with E-state index in [0.29, 0.717) is 5.92 Å². The van der Waals surface area contributed by atoms with Gasteiger partial charge >= 0.3 is 5.97 Å². The topological polar surface area (TPSA) is 26.3 Å². The second-order valence-corrected chi connectivity index (χ2v) is 4.51. The van der Waals surface area contributed by atoms with Gasteiger partial charge in [-0.15, -0.1) is 0 Å². The van der Waals surface area contributed by atoms with Crippen LogP contribution in [0.15, 0.2) is 11.6 Å². The van der Waals surface area contributed by atoms with E-state index in [-0.39, 0.29) is 12.1 Å². The summed E-state index contributed by atoms with van der Waals surface area (Å²) in [4.78, 5) is 11.4. The molecular formula is C12H18O2. The van der Waals surface area contributed by atoms with Crippen LogP contribution in [0.25, 0.3) is 0 Å². The molecule has 1 saturated carbocycles. The number of rotatable bonds is 1. The van der Waals surface area contributed by atoms with Crippen molar-refractivity contribution >= 4 is 5.97 Å². The Morgan fingerprint density at radius 2 is 2.00 bits per heavy atom. The van der Waals surface area contributed by atoms with E-state index < -0.39 is 0 Å². The number of hydrogen-bond donors (Lipinski definition) is 0. The van der Waals surface area contributed by atoms with Crippen molar-refractivity contribution in [3.05, 3.63) is 11.6 Å². The van der Waals surface area contributed by atoms with Gasteiger partial charge in [-0.25, -0.2) is 4.79 Å². The van der Waals surface area contributed by atoms with Gasteiger partial charge in [0.2, 0.25) is 0 Å². The summed E-state index contributed by atoms with van der Waals surface area (Å²) in [6.07, 6.45) is 9.59. The molecule has 0 amide bonds. The fourth-order valence-electron chi connectivity index (χ4n) is 2.41. The summed E-state index contributed by atoms with van der Waals surface area (Å²) in [5.74, 6) is 0.555. The predicted octanol–water partition coefficient (Wildman–Crippen LogP) is 2.83. The molecule has 1 atom stereocenters. The highest BCUT2D eigenvalue weighted by molar-refractivity contribution is 5.90. The Labute approximate surface area is 85.3 Å². The average Bonchev–Trinajstić information content (AvgIpc) is 2.47. The number of allylic oxidation sites excluding steroid dienone is 1. The van der Waals surface area contributed by atoms with Crippen molar-refractivity contribution in [1.29, 1.82) is 0 Å². The molecule has 0 aromatic carbocycles. The van der Waals surface area contributed by atoms with Gasteiger partial charge < -0.3 is 4.74 Å². The maximum absolute atomic E-state index is 11.4. The molecule has 0 radical (unpaired) electrons. The Morgan fingerprint density at radius 1 is 1.29 bits per heavy atom. The number of ether oxygens (including phenoxy) is 1. The molecule has 1 aliphatic carbocycles. The standard InChI is InChI=1S/C12H18O2/c1-9-7-11(12(13)14-9)8-10-5-3-2-4-6-10/h8-10H,2-7H2,1H3. The van der Waals surface area contributed by atoms with Crippen molar-refractivity contribution in [2.75, 3.05) is 0 Å². The molecule has 0 aromatic heterocycles. The minimum Gasteiger partial charge on any atom is -0.459 e. The summed E-state index contributed by atoms with van der Waals surface area (Å²) in [5.41, 5.74) is 0.921. The number of carbonyl (C=O) groups is 1. The van der Waals surface area contributed by atoms with Crippen LogP contribution in [0, 0.1) is 5.92 Å². The van der Waals surface area contributed by atoms with Crippen LogP contribution in [0.2, 0.25) is 0 Å². The van der Waals surface area contributed by atoms with Gasteiger partial charge in [0.05, 0.1) is 0 Å². The molecule has 2 fully saturated rings. The normalized spacial score (nSPS) is 32.2. The fourth-order valence-corrected chi connectivity index (χ4v) is 2.41. The molecule has 14 heavy (non-hydrogen) atoms. The zero-order chi connectivity index (χ0) is 9.97. The summed E-state index contributed by atoms with van der Waals surface area (Å²) < 4.78 is 5.11. The van der Waals surface area contributed by atoms with Gasteiger partial charge in [-0.05, 0) is 25.7 Å². The van der Waals surface area contributed by atoms with E-state index >= 15 is 0 Å². The second kappa shape index (κ2) is 4.16. The Bertz CT molecular complexity index is 249. The molecule has 2 heteroatoms. The van der Waals surface area contributed by atoms with E-state index in [1.807, 2.05) is 6.92 Å². The molecule has 0 bridgehead atoms. The van der Waals surface area contributed by atoms with E-state index in [0.717, 1.165) is 12.0 Å². The van der Waals surface area contributed by atoms with Gasteiger partial charge in [0, 0.05) is 12.0 Å². The van der Waals surface area contributed by atoms with Gasteiger partial charge in [-0.2, -0.15) is 0 Å². The van der Waals surface area contributed by atoms with Gasteiger partial charge in [0.25, 0.3) is 0 Å². The molecule has 0 aromatic rings. The summed E-state index contributed by atoms with van der Waals surface area (Å²) >= 11 is 0. The van der Waals surface area contributed by atoms with Gasteiger partial charge in [-0.1, -0.05) is 25.3 Å². The van der Waals surface area contributed by atoms with Crippen LogP contribution in [0.3, 0.4) is 0 Å². The van der Waals surface area contributed by atoms with Gasteiger partial charge in [0.15, 0.2) is 0 Å². The maximum atomic E-state index is 11.4. The highest BCUT2D eigenvalue weighted by Crippen LogP contribution is 2.29. The molecule has 0 N–H and O–H groups in total. The quantitative estimate of drug-likeness (QED) is 0.474. The van der Waals surface area contributed by atoms with Crippen molar-refractivity contribution in [1.82, 2.24) is 0 Å². The van der Waals surface area contributed by atoms with E-state index in [9.17, 15) is 4.79 Å². The highest BCUT2D eigenvalue weighted by atomic mass is 16.5. The number of esters is 1. The van der Waals surface area contributed by atoms with Crippen molar-refractivity contribution in [2.24, 2.45) is 5.92 Å². The first-order valence-electron chi connectivity index (χ1n) is 5.67. The van der Waals surface area contributed by atoms with Crippen LogP contribution >= 0.6 is 0 Å². The number of cyclic esters (lactones) is 1. The first-order chi connectivity index (χ1) is 6.75. The SMILES string of the molecule is CC1CC(=CC2CCCCC2)C(=O)O1. The number of hydrogen-bond acceptors (Lipinski definition) is 2. The maximum Gasteiger partial charge on any atom is 0.334 e. The van der Waals surface area contributed by atoms with Gasteiger partial charge in [0.1, 0.15) is 6.10 Å². The third kappa shape index (κ3) is 2.17. The van der Waals surface area contributed by atoms with E-state index in [1.165, 1.54) is 32.1 Å². The van der Waals surface area contributed by atoms with Crippen LogP contribution < -0.4 is 0 Å². The van der Waals surface area contributed by atoms with Crippen LogP contribution in [0.1, 0.15) is 45.4 Å². The molecule has 0 spiro atoms. The largest absolute Gasteiger partial charge is 0.459 e. The molecule has 2 nitrogen and oxygen atoms in total. The fraction of sp³-hybridized carbons (Fsp3) is 0.750. The lowest BCUT2D eigenvalue weighted by Crippen LogP contribution is -2.05. The van der Waals surface area contributed by atoms with Crippen LogP contribution in [-0.2, 0) is 9.53 Å².